The summed E-state index contributed by atoms with van der Waals surface area (Å²) in [6.45, 7) is 0. The first-order chi connectivity index (χ1) is 5.83. The molecular formula is C9H6ClNO. The standard InChI is InChI=1S/C9H6ClNO/c10-9-6-3-1-2-4-7(6)11-8(9)5-12/h1-5,11H. The van der Waals surface area contributed by atoms with Crippen molar-refractivity contribution in [3.05, 3.63) is 35.0 Å². The highest BCUT2D eigenvalue weighted by Gasteiger charge is 2.06. The monoisotopic (exact) mass is 179 g/mol. The molecule has 3 heteroatoms. The molecule has 0 amide bonds. The van der Waals surface area contributed by atoms with Gasteiger partial charge in [0.2, 0.25) is 0 Å². The number of aromatic amines is 1. The van der Waals surface area contributed by atoms with Crippen LogP contribution in [0.4, 0.5) is 0 Å². The van der Waals surface area contributed by atoms with E-state index in [0.717, 1.165) is 17.2 Å². The third kappa shape index (κ3) is 0.924. The third-order valence-corrected chi connectivity index (χ3v) is 2.19. The van der Waals surface area contributed by atoms with Gasteiger partial charge in [0.15, 0.2) is 6.29 Å². The minimum absolute atomic E-state index is 0.442. The van der Waals surface area contributed by atoms with Crippen LogP contribution in [0.3, 0.4) is 0 Å². The zero-order valence-electron chi connectivity index (χ0n) is 6.17. The molecule has 0 bridgehead atoms. The van der Waals surface area contributed by atoms with Crippen molar-refractivity contribution in [1.82, 2.24) is 4.98 Å². The number of H-pyrrole nitrogens is 1. The molecular weight excluding hydrogens is 174 g/mol. The highest BCUT2D eigenvalue weighted by atomic mass is 35.5. The van der Waals surface area contributed by atoms with Crippen LogP contribution in [0.1, 0.15) is 10.5 Å². The average molecular weight is 180 g/mol. The van der Waals surface area contributed by atoms with Crippen molar-refractivity contribution in [3.63, 3.8) is 0 Å². The number of aldehydes is 1. The van der Waals surface area contributed by atoms with E-state index in [4.69, 9.17) is 11.6 Å². The minimum atomic E-state index is 0.442. The maximum atomic E-state index is 10.5. The molecule has 0 aliphatic carbocycles. The Morgan fingerprint density at radius 1 is 1.33 bits per heavy atom. The largest absolute Gasteiger partial charge is 0.351 e. The van der Waals surface area contributed by atoms with Crippen LogP contribution in [0.25, 0.3) is 10.9 Å². The number of carbonyl (C=O) groups is 1. The smallest absolute Gasteiger partial charge is 0.167 e. The summed E-state index contributed by atoms with van der Waals surface area (Å²) in [4.78, 5) is 13.4. The summed E-state index contributed by atoms with van der Waals surface area (Å²) in [5.74, 6) is 0. The van der Waals surface area contributed by atoms with E-state index in [0.29, 0.717) is 10.7 Å². The molecule has 12 heavy (non-hydrogen) atoms. The molecule has 1 aromatic carbocycles. The van der Waals surface area contributed by atoms with Gasteiger partial charge in [0.05, 0.1) is 10.7 Å². The summed E-state index contributed by atoms with van der Waals surface area (Å²) in [6.07, 6.45) is 0.725. The number of nitrogens with one attached hydrogen (secondary N) is 1. The van der Waals surface area contributed by atoms with E-state index < -0.39 is 0 Å². The molecule has 0 fully saturated rings. The fourth-order valence-corrected chi connectivity index (χ4v) is 1.47. The zero-order chi connectivity index (χ0) is 8.55. The van der Waals surface area contributed by atoms with Gasteiger partial charge in [-0.05, 0) is 6.07 Å². The van der Waals surface area contributed by atoms with Crippen molar-refractivity contribution < 1.29 is 4.79 Å². The minimum Gasteiger partial charge on any atom is -0.351 e. The van der Waals surface area contributed by atoms with Crippen LogP contribution >= 0.6 is 11.6 Å². The second kappa shape index (κ2) is 2.64. The van der Waals surface area contributed by atoms with Gasteiger partial charge in [0.25, 0.3) is 0 Å². The van der Waals surface area contributed by atoms with Crippen molar-refractivity contribution in [1.29, 1.82) is 0 Å². The molecule has 0 saturated heterocycles. The topological polar surface area (TPSA) is 32.9 Å². The van der Waals surface area contributed by atoms with Gasteiger partial charge in [0.1, 0.15) is 0 Å². The fraction of sp³-hybridized carbons (Fsp3) is 0. The van der Waals surface area contributed by atoms with Gasteiger partial charge in [-0.25, -0.2) is 0 Å². The van der Waals surface area contributed by atoms with Crippen molar-refractivity contribution in [3.8, 4) is 0 Å². The van der Waals surface area contributed by atoms with E-state index in [1.807, 2.05) is 24.3 Å². The molecule has 60 valence electrons. The second-order valence-corrected chi connectivity index (χ2v) is 2.89. The Labute approximate surface area is 74.2 Å². The molecule has 1 N–H and O–H groups in total. The van der Waals surface area contributed by atoms with E-state index in [2.05, 4.69) is 4.98 Å². The van der Waals surface area contributed by atoms with Crippen LogP contribution in [0.5, 0.6) is 0 Å². The molecule has 0 aliphatic heterocycles. The van der Waals surface area contributed by atoms with Gasteiger partial charge < -0.3 is 4.98 Å². The predicted molar refractivity (Wildman–Crippen MR) is 48.7 cm³/mol. The van der Waals surface area contributed by atoms with Crippen LogP contribution in [-0.4, -0.2) is 11.3 Å². The van der Waals surface area contributed by atoms with Crippen molar-refractivity contribution >= 4 is 28.8 Å². The van der Waals surface area contributed by atoms with E-state index in [9.17, 15) is 4.79 Å². The van der Waals surface area contributed by atoms with Crippen molar-refractivity contribution in [2.24, 2.45) is 0 Å². The highest BCUT2D eigenvalue weighted by molar-refractivity contribution is 6.37. The summed E-state index contributed by atoms with van der Waals surface area (Å²) in [7, 11) is 0. The van der Waals surface area contributed by atoms with E-state index in [-0.39, 0.29) is 0 Å². The van der Waals surface area contributed by atoms with Crippen LogP contribution in [0, 0.1) is 0 Å². The number of para-hydroxylation sites is 1. The Morgan fingerprint density at radius 3 is 2.75 bits per heavy atom. The molecule has 0 radical (unpaired) electrons. The van der Waals surface area contributed by atoms with Gasteiger partial charge in [-0.15, -0.1) is 0 Å². The number of rotatable bonds is 1. The summed E-state index contributed by atoms with van der Waals surface area (Å²) in [5.41, 5.74) is 1.34. The Balaban J connectivity index is 2.87. The zero-order valence-corrected chi connectivity index (χ0v) is 6.93. The molecule has 1 heterocycles. The molecule has 2 aromatic rings. The molecule has 1 aromatic heterocycles. The van der Waals surface area contributed by atoms with Gasteiger partial charge in [-0.1, -0.05) is 29.8 Å². The average Bonchev–Trinajstić information content (AvgIpc) is 2.44. The molecule has 0 spiro atoms. The molecule has 0 unspecified atom stereocenters. The SMILES string of the molecule is O=Cc1[nH]c2ccccc2c1Cl. The van der Waals surface area contributed by atoms with Gasteiger partial charge >= 0.3 is 0 Å². The maximum absolute atomic E-state index is 10.5. The predicted octanol–water partition coefficient (Wildman–Crippen LogP) is 2.63. The Hall–Kier alpha value is -1.28. The molecule has 0 atom stereocenters. The lowest BCUT2D eigenvalue weighted by Gasteiger charge is -1.85. The summed E-state index contributed by atoms with van der Waals surface area (Å²) in [5, 5.41) is 1.39. The maximum Gasteiger partial charge on any atom is 0.167 e. The summed E-state index contributed by atoms with van der Waals surface area (Å²) in [6, 6.07) is 7.54. The van der Waals surface area contributed by atoms with E-state index in [1.54, 1.807) is 0 Å². The van der Waals surface area contributed by atoms with Crippen LogP contribution < -0.4 is 0 Å². The van der Waals surface area contributed by atoms with Gasteiger partial charge in [-0.3, -0.25) is 4.79 Å². The number of aromatic nitrogens is 1. The second-order valence-electron chi connectivity index (χ2n) is 2.52. The van der Waals surface area contributed by atoms with E-state index >= 15 is 0 Å². The molecule has 0 aliphatic rings. The lowest BCUT2D eigenvalue weighted by Crippen LogP contribution is -1.76. The lowest BCUT2D eigenvalue weighted by atomic mass is 10.2. The number of hydrogen-bond acceptors (Lipinski definition) is 1. The van der Waals surface area contributed by atoms with Crippen LogP contribution in [-0.2, 0) is 0 Å². The van der Waals surface area contributed by atoms with Gasteiger partial charge in [0, 0.05) is 10.9 Å². The number of carbonyl (C=O) groups excluding carboxylic acids is 1. The molecule has 2 rings (SSSR count). The number of halogens is 1. The quantitative estimate of drug-likeness (QED) is 0.671. The third-order valence-electron chi connectivity index (χ3n) is 1.79. The van der Waals surface area contributed by atoms with Crippen molar-refractivity contribution in [2.45, 2.75) is 0 Å². The van der Waals surface area contributed by atoms with Crippen LogP contribution in [0.15, 0.2) is 24.3 Å². The number of benzene rings is 1. The van der Waals surface area contributed by atoms with Crippen LogP contribution in [0.2, 0.25) is 5.02 Å². The van der Waals surface area contributed by atoms with Gasteiger partial charge in [-0.2, -0.15) is 0 Å². The Bertz CT molecular complexity index is 433. The summed E-state index contributed by atoms with van der Waals surface area (Å²) >= 11 is 5.89. The Kier molecular flexibility index (Phi) is 1.62. The first kappa shape index (κ1) is 7.37. The number of hydrogen-bond donors (Lipinski definition) is 1. The van der Waals surface area contributed by atoms with E-state index in [1.165, 1.54) is 0 Å². The molecule has 0 saturated carbocycles. The number of fused-ring (bicyclic) bond motifs is 1. The normalized spacial score (nSPS) is 10.4. The lowest BCUT2D eigenvalue weighted by molar-refractivity contribution is 0.112. The first-order valence-electron chi connectivity index (χ1n) is 3.54. The van der Waals surface area contributed by atoms with Crippen molar-refractivity contribution in [2.75, 3.05) is 0 Å². The molecule has 2 nitrogen and oxygen atoms in total. The fourth-order valence-electron chi connectivity index (χ4n) is 1.21. The first-order valence-corrected chi connectivity index (χ1v) is 3.92. The highest BCUT2D eigenvalue weighted by Crippen LogP contribution is 2.25. The Morgan fingerprint density at radius 2 is 2.08 bits per heavy atom. The summed E-state index contributed by atoms with van der Waals surface area (Å²) < 4.78 is 0.